The smallest absolute Gasteiger partial charge is 0.234 e. The van der Waals surface area contributed by atoms with Crippen molar-refractivity contribution in [2.75, 3.05) is 19.3 Å². The summed E-state index contributed by atoms with van der Waals surface area (Å²) in [5.74, 6) is 0.101. The zero-order chi connectivity index (χ0) is 11.7. The van der Waals surface area contributed by atoms with Crippen LogP contribution in [0.25, 0.3) is 0 Å². The number of thioether (sulfide) groups is 1. The van der Waals surface area contributed by atoms with Gasteiger partial charge in [-0.25, -0.2) is 0 Å². The van der Waals surface area contributed by atoms with Crippen LogP contribution in [0.5, 0.6) is 0 Å². The predicted octanol–water partition coefficient (Wildman–Crippen LogP) is 1.63. The number of carbonyl (C=O) groups is 1. The molecular formula is C11H24N2OS. The van der Waals surface area contributed by atoms with E-state index in [1.165, 1.54) is 0 Å². The highest BCUT2D eigenvalue weighted by molar-refractivity contribution is 7.99. The first kappa shape index (κ1) is 14.8. The maximum atomic E-state index is 11.4. The van der Waals surface area contributed by atoms with Crippen molar-refractivity contribution < 1.29 is 4.79 Å². The Morgan fingerprint density at radius 3 is 2.60 bits per heavy atom. The van der Waals surface area contributed by atoms with Crippen LogP contribution in [-0.2, 0) is 4.79 Å². The summed E-state index contributed by atoms with van der Waals surface area (Å²) >= 11 is 1.80. The normalized spacial score (nSPS) is 14.7. The van der Waals surface area contributed by atoms with E-state index in [0.717, 1.165) is 19.4 Å². The first-order chi connectivity index (χ1) is 7.10. The Morgan fingerprint density at radius 2 is 2.07 bits per heavy atom. The Hall–Kier alpha value is -0.220. The molecule has 3 nitrogen and oxygen atoms in total. The van der Waals surface area contributed by atoms with Gasteiger partial charge < -0.3 is 10.6 Å². The lowest BCUT2D eigenvalue weighted by Crippen LogP contribution is -2.40. The summed E-state index contributed by atoms with van der Waals surface area (Å²) in [5.41, 5.74) is 0. The lowest BCUT2D eigenvalue weighted by Gasteiger charge is -2.14. The summed E-state index contributed by atoms with van der Waals surface area (Å²) < 4.78 is 0. The number of nitrogens with one attached hydrogen (secondary N) is 2. The predicted molar refractivity (Wildman–Crippen MR) is 68.4 cm³/mol. The molecule has 0 aromatic heterocycles. The molecule has 0 radical (unpaired) electrons. The van der Waals surface area contributed by atoms with Crippen LogP contribution < -0.4 is 10.6 Å². The molecule has 0 aliphatic heterocycles. The van der Waals surface area contributed by atoms with Crippen LogP contribution in [0.4, 0.5) is 0 Å². The molecule has 0 spiro atoms. The lowest BCUT2D eigenvalue weighted by atomic mass is 10.2. The zero-order valence-corrected chi connectivity index (χ0v) is 11.1. The van der Waals surface area contributed by atoms with Gasteiger partial charge in [-0.3, -0.25) is 4.79 Å². The Bertz CT molecular complexity index is 176. The molecule has 0 fully saturated rings. The van der Waals surface area contributed by atoms with E-state index in [0.29, 0.717) is 17.8 Å². The van der Waals surface area contributed by atoms with Gasteiger partial charge in [0.2, 0.25) is 5.91 Å². The quantitative estimate of drug-likeness (QED) is 0.668. The summed E-state index contributed by atoms with van der Waals surface area (Å²) in [6.45, 7) is 7.64. The molecule has 0 aliphatic carbocycles. The molecule has 0 aromatic rings. The third kappa shape index (κ3) is 8.75. The maximum Gasteiger partial charge on any atom is 0.234 e. The third-order valence-corrected chi connectivity index (χ3v) is 3.22. The topological polar surface area (TPSA) is 41.1 Å². The van der Waals surface area contributed by atoms with E-state index < -0.39 is 0 Å². The van der Waals surface area contributed by atoms with Crippen LogP contribution in [0.3, 0.4) is 0 Å². The Labute approximate surface area is 97.8 Å². The van der Waals surface area contributed by atoms with Crippen molar-refractivity contribution in [1.82, 2.24) is 10.6 Å². The van der Waals surface area contributed by atoms with Crippen LogP contribution in [0.1, 0.15) is 33.6 Å². The van der Waals surface area contributed by atoms with Crippen molar-refractivity contribution in [3.63, 3.8) is 0 Å². The monoisotopic (exact) mass is 232 g/mol. The van der Waals surface area contributed by atoms with Gasteiger partial charge in [0, 0.05) is 17.8 Å². The van der Waals surface area contributed by atoms with Gasteiger partial charge in [0.15, 0.2) is 0 Å². The summed E-state index contributed by atoms with van der Waals surface area (Å²) in [6, 6.07) is 0.294. The van der Waals surface area contributed by atoms with E-state index in [4.69, 9.17) is 0 Å². The number of hydrogen-bond acceptors (Lipinski definition) is 3. The van der Waals surface area contributed by atoms with Crippen molar-refractivity contribution in [3.05, 3.63) is 0 Å². The average Bonchev–Trinajstić information content (AvgIpc) is 2.17. The minimum atomic E-state index is 0.101. The van der Waals surface area contributed by atoms with Gasteiger partial charge in [0.05, 0.1) is 6.54 Å². The summed E-state index contributed by atoms with van der Waals surface area (Å²) in [4.78, 5) is 11.4. The van der Waals surface area contributed by atoms with Crippen molar-refractivity contribution in [3.8, 4) is 0 Å². The molecule has 15 heavy (non-hydrogen) atoms. The average molecular weight is 232 g/mol. The van der Waals surface area contributed by atoms with Gasteiger partial charge in [-0.2, -0.15) is 11.8 Å². The molecule has 2 unspecified atom stereocenters. The van der Waals surface area contributed by atoms with Gasteiger partial charge in [-0.15, -0.1) is 0 Å². The first-order valence-corrected chi connectivity index (χ1v) is 6.91. The second kappa shape index (κ2) is 9.04. The van der Waals surface area contributed by atoms with E-state index in [-0.39, 0.29) is 5.91 Å². The van der Waals surface area contributed by atoms with Crippen molar-refractivity contribution in [2.45, 2.75) is 44.9 Å². The molecule has 0 rings (SSSR count). The molecule has 0 heterocycles. The largest absolute Gasteiger partial charge is 0.353 e. The number of amides is 1. The highest BCUT2D eigenvalue weighted by atomic mass is 32.2. The molecule has 0 aliphatic rings. The minimum absolute atomic E-state index is 0.101. The van der Waals surface area contributed by atoms with Gasteiger partial charge in [-0.05, 0) is 19.6 Å². The van der Waals surface area contributed by atoms with E-state index in [9.17, 15) is 4.79 Å². The number of carbonyl (C=O) groups excluding carboxylic acids is 1. The molecule has 2 atom stereocenters. The highest BCUT2D eigenvalue weighted by Crippen LogP contribution is 2.01. The molecule has 90 valence electrons. The lowest BCUT2D eigenvalue weighted by molar-refractivity contribution is -0.120. The van der Waals surface area contributed by atoms with Crippen LogP contribution in [0.2, 0.25) is 0 Å². The van der Waals surface area contributed by atoms with Crippen molar-refractivity contribution >= 4 is 17.7 Å². The van der Waals surface area contributed by atoms with E-state index in [2.05, 4.69) is 30.7 Å². The Kier molecular flexibility index (Phi) is 8.91. The number of hydrogen-bond donors (Lipinski definition) is 2. The molecule has 2 N–H and O–H groups in total. The third-order valence-electron chi connectivity index (χ3n) is 2.25. The van der Waals surface area contributed by atoms with Crippen LogP contribution >= 0.6 is 11.8 Å². The highest BCUT2D eigenvalue weighted by Gasteiger charge is 2.06. The SMILES string of the molecule is CCCC(C)NC(=O)CNCC(C)SC. The second-order valence-corrected chi connectivity index (χ2v) is 5.21. The molecule has 0 aromatic carbocycles. The fourth-order valence-corrected chi connectivity index (χ4v) is 1.59. The van der Waals surface area contributed by atoms with Crippen LogP contribution in [0.15, 0.2) is 0 Å². The molecule has 0 saturated carbocycles. The van der Waals surface area contributed by atoms with Gasteiger partial charge in [-0.1, -0.05) is 20.3 Å². The molecule has 0 saturated heterocycles. The summed E-state index contributed by atoms with van der Waals surface area (Å²) in [5, 5.41) is 6.68. The van der Waals surface area contributed by atoms with Crippen molar-refractivity contribution in [1.29, 1.82) is 0 Å². The Morgan fingerprint density at radius 1 is 1.40 bits per heavy atom. The van der Waals surface area contributed by atoms with E-state index in [1.54, 1.807) is 11.8 Å². The number of rotatable bonds is 8. The molecule has 4 heteroatoms. The molecule has 0 bridgehead atoms. The summed E-state index contributed by atoms with van der Waals surface area (Å²) in [7, 11) is 0. The van der Waals surface area contributed by atoms with Crippen molar-refractivity contribution in [2.24, 2.45) is 0 Å². The van der Waals surface area contributed by atoms with Crippen LogP contribution in [-0.4, -0.2) is 36.5 Å². The van der Waals surface area contributed by atoms with Gasteiger partial charge in [0.25, 0.3) is 0 Å². The van der Waals surface area contributed by atoms with Crippen LogP contribution in [0, 0.1) is 0 Å². The fourth-order valence-electron chi connectivity index (χ4n) is 1.30. The molecule has 1 amide bonds. The Balaban J connectivity index is 3.48. The van der Waals surface area contributed by atoms with Gasteiger partial charge >= 0.3 is 0 Å². The van der Waals surface area contributed by atoms with E-state index >= 15 is 0 Å². The second-order valence-electron chi connectivity index (χ2n) is 3.93. The standard InChI is InChI=1S/C11H24N2OS/c1-5-6-9(2)13-11(14)8-12-7-10(3)15-4/h9-10,12H,5-8H2,1-4H3,(H,13,14). The van der Waals surface area contributed by atoms with Gasteiger partial charge in [0.1, 0.15) is 0 Å². The zero-order valence-electron chi connectivity index (χ0n) is 10.3. The van der Waals surface area contributed by atoms with E-state index in [1.807, 2.05) is 6.92 Å². The fraction of sp³-hybridized carbons (Fsp3) is 0.909. The molecular weight excluding hydrogens is 208 g/mol. The first-order valence-electron chi connectivity index (χ1n) is 5.63. The minimum Gasteiger partial charge on any atom is -0.353 e. The maximum absolute atomic E-state index is 11.4. The summed E-state index contributed by atoms with van der Waals surface area (Å²) in [6.07, 6.45) is 4.24.